The summed E-state index contributed by atoms with van der Waals surface area (Å²) in [5.74, 6) is 0.0355. The Hall–Kier alpha value is -2.21. The van der Waals surface area contributed by atoms with Crippen LogP contribution < -0.4 is 0 Å². The van der Waals surface area contributed by atoms with E-state index in [0.717, 1.165) is 18.4 Å². The lowest BCUT2D eigenvalue weighted by atomic mass is 9.94. The zero-order chi connectivity index (χ0) is 20.5. The fourth-order valence-electron chi connectivity index (χ4n) is 5.59. The Morgan fingerprint density at radius 3 is 2.69 bits per heavy atom. The van der Waals surface area contributed by atoms with Crippen molar-refractivity contribution < 1.29 is 19.1 Å². The second-order valence-electron chi connectivity index (χ2n) is 8.49. The van der Waals surface area contributed by atoms with Crippen LogP contribution in [0.15, 0.2) is 30.3 Å². The van der Waals surface area contributed by atoms with Crippen LogP contribution in [-0.2, 0) is 25.5 Å². The molecular formula is C23H30N2O4. The number of benzene rings is 1. The molecule has 0 aromatic heterocycles. The number of piperazine rings is 1. The van der Waals surface area contributed by atoms with Crippen LogP contribution in [0.1, 0.15) is 45.1 Å². The number of aryl methyl sites for hydroxylation is 1. The summed E-state index contributed by atoms with van der Waals surface area (Å²) in [4.78, 5) is 42.2. The second kappa shape index (κ2) is 8.27. The highest BCUT2D eigenvalue weighted by atomic mass is 16.5. The van der Waals surface area contributed by atoms with Gasteiger partial charge in [0.25, 0.3) is 0 Å². The van der Waals surface area contributed by atoms with E-state index >= 15 is 0 Å². The van der Waals surface area contributed by atoms with E-state index in [1.54, 1.807) is 11.8 Å². The van der Waals surface area contributed by atoms with Crippen LogP contribution in [0.2, 0.25) is 0 Å². The lowest BCUT2D eigenvalue weighted by molar-refractivity contribution is -0.162. The second-order valence-corrected chi connectivity index (χ2v) is 8.49. The molecule has 0 radical (unpaired) electrons. The number of fused-ring (bicyclic) bond motifs is 3. The zero-order valence-electron chi connectivity index (χ0n) is 17.3. The predicted octanol–water partition coefficient (Wildman–Crippen LogP) is 2.20. The average molecular weight is 399 g/mol. The van der Waals surface area contributed by atoms with Crippen molar-refractivity contribution in [2.24, 2.45) is 5.92 Å². The van der Waals surface area contributed by atoms with Crippen LogP contribution in [0.3, 0.4) is 0 Å². The molecule has 0 spiro atoms. The van der Waals surface area contributed by atoms with Crippen molar-refractivity contribution in [3.8, 4) is 0 Å². The van der Waals surface area contributed by atoms with Gasteiger partial charge in [0.1, 0.15) is 11.8 Å². The van der Waals surface area contributed by atoms with Gasteiger partial charge in [0.15, 0.2) is 0 Å². The average Bonchev–Trinajstić information content (AvgIpc) is 3.25. The maximum atomic E-state index is 13.2. The molecule has 1 amide bonds. The maximum Gasteiger partial charge on any atom is 0.328 e. The monoisotopic (exact) mass is 398 g/mol. The molecule has 4 rings (SSSR count). The van der Waals surface area contributed by atoms with Gasteiger partial charge in [0, 0.05) is 30.5 Å². The Labute approximate surface area is 172 Å². The highest BCUT2D eigenvalue weighted by molar-refractivity contribution is 5.88. The van der Waals surface area contributed by atoms with E-state index < -0.39 is 6.04 Å². The number of hydrogen-bond donors (Lipinski definition) is 0. The van der Waals surface area contributed by atoms with Crippen LogP contribution in [0.4, 0.5) is 0 Å². The van der Waals surface area contributed by atoms with E-state index in [0.29, 0.717) is 38.2 Å². The number of esters is 1. The summed E-state index contributed by atoms with van der Waals surface area (Å²) in [7, 11) is 0. The lowest BCUT2D eigenvalue weighted by Crippen LogP contribution is -2.64. The van der Waals surface area contributed by atoms with E-state index in [9.17, 15) is 14.4 Å². The number of carbonyl (C=O) groups is 3. The molecular weight excluding hydrogens is 368 g/mol. The maximum absolute atomic E-state index is 13.2. The Bertz CT molecular complexity index is 780. The first-order valence-corrected chi connectivity index (χ1v) is 10.8. The molecule has 1 aromatic rings. The minimum atomic E-state index is -0.587. The zero-order valence-corrected chi connectivity index (χ0v) is 17.3. The summed E-state index contributed by atoms with van der Waals surface area (Å²) in [6.07, 6.45) is 3.53. The van der Waals surface area contributed by atoms with Crippen molar-refractivity contribution in [1.29, 1.82) is 0 Å². The SMILES string of the molecule is CCOC(=O)[C@H](CCc1ccccc1)N1C(=O)CN2C3CCC(=O)C3C[C@H]2[C@@H]1C. The Morgan fingerprint density at radius 2 is 1.97 bits per heavy atom. The third-order valence-electron chi connectivity index (χ3n) is 6.96. The van der Waals surface area contributed by atoms with Gasteiger partial charge in [-0.2, -0.15) is 0 Å². The minimum Gasteiger partial charge on any atom is -0.464 e. The van der Waals surface area contributed by atoms with Crippen LogP contribution in [-0.4, -0.2) is 64.8 Å². The standard InChI is InChI=1S/C23H30N2O4/c1-3-29-23(28)19(10-9-16-7-5-4-6-8-16)25-15(2)20-13-17-18(11-12-21(17)26)24(20)14-22(25)27/h4-8,15,17-20H,3,9-14H2,1-2H3/t15-,17?,18?,19-,20-/m0/s1. The number of ketones is 1. The Morgan fingerprint density at radius 1 is 1.21 bits per heavy atom. The molecule has 2 heterocycles. The van der Waals surface area contributed by atoms with Crippen molar-refractivity contribution in [2.45, 2.75) is 70.1 Å². The normalized spacial score (nSPS) is 30.2. The first-order chi connectivity index (χ1) is 14.0. The van der Waals surface area contributed by atoms with E-state index in [2.05, 4.69) is 4.90 Å². The number of Topliss-reactive ketones (excluding diaryl/α,β-unsaturated/α-hetero) is 1. The van der Waals surface area contributed by atoms with Gasteiger partial charge >= 0.3 is 5.97 Å². The molecule has 1 saturated carbocycles. The molecule has 2 aliphatic heterocycles. The first-order valence-electron chi connectivity index (χ1n) is 10.8. The quantitative estimate of drug-likeness (QED) is 0.688. The summed E-state index contributed by atoms with van der Waals surface area (Å²) in [5, 5.41) is 0. The Kier molecular flexibility index (Phi) is 5.72. The van der Waals surface area contributed by atoms with Gasteiger partial charge in [-0.05, 0) is 45.1 Å². The largest absolute Gasteiger partial charge is 0.464 e. The van der Waals surface area contributed by atoms with E-state index in [-0.39, 0.29) is 35.9 Å². The molecule has 5 atom stereocenters. The van der Waals surface area contributed by atoms with Crippen molar-refractivity contribution in [3.05, 3.63) is 35.9 Å². The topological polar surface area (TPSA) is 66.9 Å². The highest BCUT2D eigenvalue weighted by Gasteiger charge is 2.54. The first kappa shape index (κ1) is 20.1. The highest BCUT2D eigenvalue weighted by Crippen LogP contribution is 2.43. The smallest absolute Gasteiger partial charge is 0.328 e. The van der Waals surface area contributed by atoms with Crippen LogP contribution in [0.5, 0.6) is 0 Å². The van der Waals surface area contributed by atoms with Crippen LogP contribution >= 0.6 is 0 Å². The number of rotatable bonds is 6. The van der Waals surface area contributed by atoms with Gasteiger partial charge in [0.2, 0.25) is 5.91 Å². The molecule has 3 fully saturated rings. The van der Waals surface area contributed by atoms with Gasteiger partial charge in [0.05, 0.1) is 13.2 Å². The van der Waals surface area contributed by atoms with Gasteiger partial charge in [-0.25, -0.2) is 4.79 Å². The minimum absolute atomic E-state index is 0.0279. The fourth-order valence-corrected chi connectivity index (χ4v) is 5.59. The van der Waals surface area contributed by atoms with Gasteiger partial charge in [-0.3, -0.25) is 14.5 Å². The predicted molar refractivity (Wildman–Crippen MR) is 108 cm³/mol. The van der Waals surface area contributed by atoms with Crippen molar-refractivity contribution in [1.82, 2.24) is 9.80 Å². The van der Waals surface area contributed by atoms with Crippen LogP contribution in [0.25, 0.3) is 0 Å². The van der Waals surface area contributed by atoms with E-state index in [1.165, 1.54) is 0 Å². The molecule has 1 aliphatic carbocycles. The molecule has 6 nitrogen and oxygen atoms in total. The summed E-state index contributed by atoms with van der Waals surface area (Å²) < 4.78 is 5.34. The van der Waals surface area contributed by atoms with Crippen molar-refractivity contribution in [2.75, 3.05) is 13.2 Å². The molecule has 3 aliphatic rings. The summed E-state index contributed by atoms with van der Waals surface area (Å²) in [6.45, 7) is 4.41. The summed E-state index contributed by atoms with van der Waals surface area (Å²) in [5.41, 5.74) is 1.14. The third kappa shape index (κ3) is 3.70. The summed E-state index contributed by atoms with van der Waals surface area (Å²) in [6, 6.07) is 9.65. The number of ether oxygens (including phenoxy) is 1. The van der Waals surface area contributed by atoms with Gasteiger partial charge < -0.3 is 9.64 Å². The molecule has 2 unspecified atom stereocenters. The number of hydrogen-bond acceptors (Lipinski definition) is 5. The summed E-state index contributed by atoms with van der Waals surface area (Å²) >= 11 is 0. The number of amides is 1. The third-order valence-corrected chi connectivity index (χ3v) is 6.96. The molecule has 2 saturated heterocycles. The molecule has 156 valence electrons. The van der Waals surface area contributed by atoms with Gasteiger partial charge in [-0.1, -0.05) is 30.3 Å². The fraction of sp³-hybridized carbons (Fsp3) is 0.609. The molecule has 0 bridgehead atoms. The van der Waals surface area contributed by atoms with Gasteiger partial charge in [-0.15, -0.1) is 0 Å². The van der Waals surface area contributed by atoms with Crippen molar-refractivity contribution in [3.63, 3.8) is 0 Å². The molecule has 0 N–H and O–H groups in total. The van der Waals surface area contributed by atoms with Crippen molar-refractivity contribution >= 4 is 17.7 Å². The molecule has 29 heavy (non-hydrogen) atoms. The number of carbonyl (C=O) groups excluding carboxylic acids is 3. The number of nitrogens with zero attached hydrogens (tertiary/aromatic N) is 2. The van der Waals surface area contributed by atoms with E-state index in [1.807, 2.05) is 37.3 Å². The van der Waals surface area contributed by atoms with E-state index in [4.69, 9.17) is 4.74 Å². The Balaban J connectivity index is 1.54. The molecule has 6 heteroatoms. The van der Waals surface area contributed by atoms with Crippen LogP contribution in [0, 0.1) is 5.92 Å². The molecule has 1 aromatic carbocycles. The lowest BCUT2D eigenvalue weighted by Gasteiger charge is -2.46.